The molecule has 13 heavy (non-hydrogen) atoms. The highest BCUT2D eigenvalue weighted by atomic mass is 16.5. The zero-order valence-electron chi connectivity index (χ0n) is 8.76. The standard InChI is InChI=1S/C9H19NO3/c1-7(2)9(3,8(11)12)10-5-6-13-4/h7,10H,5-6H2,1-4H3,(H,11,12). The van der Waals surface area contributed by atoms with Crippen molar-refractivity contribution >= 4 is 5.97 Å². The van der Waals surface area contributed by atoms with Crippen LogP contribution in [0.25, 0.3) is 0 Å². The van der Waals surface area contributed by atoms with Gasteiger partial charge < -0.3 is 9.84 Å². The number of rotatable bonds is 6. The van der Waals surface area contributed by atoms with Gasteiger partial charge in [-0.25, -0.2) is 0 Å². The van der Waals surface area contributed by atoms with Crippen LogP contribution in [-0.4, -0.2) is 36.9 Å². The fourth-order valence-corrected chi connectivity index (χ4v) is 0.939. The summed E-state index contributed by atoms with van der Waals surface area (Å²) in [4.78, 5) is 11.0. The molecule has 78 valence electrons. The first kappa shape index (κ1) is 12.4. The Bertz CT molecular complexity index is 170. The molecule has 2 N–H and O–H groups in total. The molecule has 0 bridgehead atoms. The average Bonchev–Trinajstić information content (AvgIpc) is 2.03. The fourth-order valence-electron chi connectivity index (χ4n) is 0.939. The quantitative estimate of drug-likeness (QED) is 0.604. The van der Waals surface area contributed by atoms with E-state index in [4.69, 9.17) is 9.84 Å². The second kappa shape index (κ2) is 5.19. The summed E-state index contributed by atoms with van der Waals surface area (Å²) < 4.78 is 4.84. The summed E-state index contributed by atoms with van der Waals surface area (Å²) in [6, 6.07) is 0. The smallest absolute Gasteiger partial charge is 0.323 e. The van der Waals surface area contributed by atoms with E-state index >= 15 is 0 Å². The van der Waals surface area contributed by atoms with Crippen LogP contribution in [0, 0.1) is 5.92 Å². The number of carboxylic acid groups (broad SMARTS) is 1. The number of hydrogen-bond acceptors (Lipinski definition) is 3. The van der Waals surface area contributed by atoms with E-state index < -0.39 is 11.5 Å². The molecular formula is C9H19NO3. The lowest BCUT2D eigenvalue weighted by Crippen LogP contribution is -2.54. The number of aliphatic carboxylic acids is 1. The van der Waals surface area contributed by atoms with Crippen molar-refractivity contribution in [1.82, 2.24) is 5.32 Å². The van der Waals surface area contributed by atoms with Gasteiger partial charge in [0.2, 0.25) is 0 Å². The molecule has 0 aliphatic rings. The van der Waals surface area contributed by atoms with E-state index in [0.717, 1.165) is 0 Å². The second-order valence-corrected chi connectivity index (χ2v) is 3.58. The Labute approximate surface area is 79.3 Å². The van der Waals surface area contributed by atoms with Crippen molar-refractivity contribution in [3.8, 4) is 0 Å². The van der Waals surface area contributed by atoms with Gasteiger partial charge in [-0.3, -0.25) is 10.1 Å². The van der Waals surface area contributed by atoms with Gasteiger partial charge in [-0.15, -0.1) is 0 Å². The third-order valence-corrected chi connectivity index (χ3v) is 2.40. The molecule has 0 fully saturated rings. The summed E-state index contributed by atoms with van der Waals surface area (Å²) in [5.41, 5.74) is -0.863. The van der Waals surface area contributed by atoms with E-state index in [0.29, 0.717) is 13.2 Å². The maximum Gasteiger partial charge on any atom is 0.323 e. The highest BCUT2D eigenvalue weighted by molar-refractivity contribution is 5.78. The molecule has 0 aromatic carbocycles. The Kier molecular flexibility index (Phi) is 4.95. The van der Waals surface area contributed by atoms with Crippen molar-refractivity contribution in [2.75, 3.05) is 20.3 Å². The minimum absolute atomic E-state index is 0.0434. The van der Waals surface area contributed by atoms with Crippen LogP contribution in [0.5, 0.6) is 0 Å². The first-order valence-electron chi connectivity index (χ1n) is 4.42. The number of carboxylic acids is 1. The monoisotopic (exact) mass is 189 g/mol. The number of methoxy groups -OCH3 is 1. The lowest BCUT2D eigenvalue weighted by Gasteiger charge is -2.30. The molecule has 0 amide bonds. The molecule has 0 aromatic heterocycles. The normalized spacial score (nSPS) is 15.8. The first-order valence-corrected chi connectivity index (χ1v) is 4.42. The van der Waals surface area contributed by atoms with Crippen LogP contribution >= 0.6 is 0 Å². The van der Waals surface area contributed by atoms with Gasteiger partial charge in [0, 0.05) is 13.7 Å². The predicted octanol–water partition coefficient (Wildman–Crippen LogP) is 0.722. The number of nitrogens with one attached hydrogen (secondary N) is 1. The van der Waals surface area contributed by atoms with Gasteiger partial charge in [0.25, 0.3) is 0 Å². The van der Waals surface area contributed by atoms with Crippen LogP contribution < -0.4 is 5.32 Å². The van der Waals surface area contributed by atoms with Crippen molar-refractivity contribution in [2.24, 2.45) is 5.92 Å². The largest absolute Gasteiger partial charge is 0.480 e. The second-order valence-electron chi connectivity index (χ2n) is 3.58. The van der Waals surface area contributed by atoms with Crippen molar-refractivity contribution in [3.63, 3.8) is 0 Å². The fraction of sp³-hybridized carbons (Fsp3) is 0.889. The van der Waals surface area contributed by atoms with Gasteiger partial charge in [0.15, 0.2) is 0 Å². The molecule has 0 aliphatic heterocycles. The highest BCUT2D eigenvalue weighted by Crippen LogP contribution is 2.16. The third-order valence-electron chi connectivity index (χ3n) is 2.40. The molecule has 0 saturated heterocycles. The lowest BCUT2D eigenvalue weighted by atomic mass is 9.88. The van der Waals surface area contributed by atoms with Crippen LogP contribution in [0.1, 0.15) is 20.8 Å². The topological polar surface area (TPSA) is 58.6 Å². The molecular weight excluding hydrogens is 170 g/mol. The minimum Gasteiger partial charge on any atom is -0.480 e. The van der Waals surface area contributed by atoms with Crippen LogP contribution in [0.4, 0.5) is 0 Å². The van der Waals surface area contributed by atoms with Crippen LogP contribution in [0.2, 0.25) is 0 Å². The van der Waals surface area contributed by atoms with Gasteiger partial charge in [0.05, 0.1) is 6.61 Å². The molecule has 0 aromatic rings. The zero-order chi connectivity index (χ0) is 10.5. The predicted molar refractivity (Wildman–Crippen MR) is 50.8 cm³/mol. The molecule has 4 nitrogen and oxygen atoms in total. The van der Waals surface area contributed by atoms with Crippen molar-refractivity contribution in [1.29, 1.82) is 0 Å². The van der Waals surface area contributed by atoms with Gasteiger partial charge in [-0.05, 0) is 12.8 Å². The Balaban J connectivity index is 4.17. The van der Waals surface area contributed by atoms with Crippen molar-refractivity contribution < 1.29 is 14.6 Å². The molecule has 4 heteroatoms. The zero-order valence-corrected chi connectivity index (χ0v) is 8.76. The molecule has 0 saturated carbocycles. The van der Waals surface area contributed by atoms with Crippen LogP contribution in [-0.2, 0) is 9.53 Å². The summed E-state index contributed by atoms with van der Waals surface area (Å²) in [5, 5.41) is 12.0. The van der Waals surface area contributed by atoms with Crippen molar-refractivity contribution in [2.45, 2.75) is 26.3 Å². The van der Waals surface area contributed by atoms with E-state index in [2.05, 4.69) is 5.32 Å². The summed E-state index contributed by atoms with van der Waals surface area (Å²) in [5.74, 6) is -0.777. The highest BCUT2D eigenvalue weighted by Gasteiger charge is 2.35. The van der Waals surface area contributed by atoms with Gasteiger partial charge in [-0.2, -0.15) is 0 Å². The molecule has 0 rings (SSSR count). The summed E-state index contributed by atoms with van der Waals surface area (Å²) in [7, 11) is 1.59. The number of ether oxygens (including phenoxy) is 1. The van der Waals surface area contributed by atoms with E-state index in [9.17, 15) is 4.79 Å². The molecule has 0 radical (unpaired) electrons. The van der Waals surface area contributed by atoms with Crippen LogP contribution in [0.3, 0.4) is 0 Å². The van der Waals surface area contributed by atoms with Crippen molar-refractivity contribution in [3.05, 3.63) is 0 Å². The molecule has 0 heterocycles. The molecule has 0 aliphatic carbocycles. The summed E-state index contributed by atoms with van der Waals surface area (Å²) in [6.07, 6.45) is 0. The SMILES string of the molecule is COCCNC(C)(C(=O)O)C(C)C. The molecule has 1 atom stereocenters. The molecule has 0 spiro atoms. The average molecular weight is 189 g/mol. The first-order chi connectivity index (χ1) is 5.95. The number of carbonyl (C=O) groups is 1. The number of hydrogen-bond donors (Lipinski definition) is 2. The van der Waals surface area contributed by atoms with E-state index in [1.807, 2.05) is 13.8 Å². The van der Waals surface area contributed by atoms with Gasteiger partial charge in [0.1, 0.15) is 5.54 Å². The Morgan fingerprint density at radius 1 is 1.62 bits per heavy atom. The maximum atomic E-state index is 11.0. The summed E-state index contributed by atoms with van der Waals surface area (Å²) in [6.45, 7) is 6.53. The van der Waals surface area contributed by atoms with Gasteiger partial charge >= 0.3 is 5.97 Å². The van der Waals surface area contributed by atoms with Gasteiger partial charge in [-0.1, -0.05) is 13.8 Å². The Morgan fingerprint density at radius 3 is 2.46 bits per heavy atom. The third kappa shape index (κ3) is 3.32. The Morgan fingerprint density at radius 2 is 2.15 bits per heavy atom. The minimum atomic E-state index is -0.863. The van der Waals surface area contributed by atoms with Crippen LogP contribution in [0.15, 0.2) is 0 Å². The Hall–Kier alpha value is -0.610. The lowest BCUT2D eigenvalue weighted by molar-refractivity contribution is -0.146. The molecule has 1 unspecified atom stereocenters. The van der Waals surface area contributed by atoms with E-state index in [1.54, 1.807) is 14.0 Å². The summed E-state index contributed by atoms with van der Waals surface area (Å²) >= 11 is 0. The van der Waals surface area contributed by atoms with E-state index in [-0.39, 0.29) is 5.92 Å². The maximum absolute atomic E-state index is 11.0. The van der Waals surface area contributed by atoms with E-state index in [1.165, 1.54) is 0 Å².